The summed E-state index contributed by atoms with van der Waals surface area (Å²) in [4.78, 5) is 18.1. The van der Waals surface area contributed by atoms with Crippen molar-refractivity contribution < 1.29 is 17.9 Å². The third kappa shape index (κ3) is 8.34. The van der Waals surface area contributed by atoms with Gasteiger partial charge in [0.15, 0.2) is 5.96 Å². The van der Waals surface area contributed by atoms with Gasteiger partial charge in [-0.1, -0.05) is 12.1 Å². The van der Waals surface area contributed by atoms with E-state index in [2.05, 4.69) is 15.6 Å². The van der Waals surface area contributed by atoms with E-state index in [0.29, 0.717) is 32.2 Å². The van der Waals surface area contributed by atoms with Crippen LogP contribution in [-0.4, -0.2) is 57.7 Å². The Kier molecular flexibility index (Phi) is 10.7. The van der Waals surface area contributed by atoms with E-state index in [0.717, 1.165) is 24.9 Å². The lowest BCUT2D eigenvalue weighted by Gasteiger charge is -2.32. The number of hydrogen-bond donors (Lipinski definition) is 3. The van der Waals surface area contributed by atoms with Crippen LogP contribution in [0.4, 0.5) is 4.79 Å². The largest absolute Gasteiger partial charge is 0.450 e. The molecule has 0 aliphatic carbocycles. The Hall–Kier alpha value is -1.60. The fourth-order valence-electron chi connectivity index (χ4n) is 2.89. The minimum atomic E-state index is -3.69. The molecule has 9 nitrogen and oxygen atoms in total. The Morgan fingerprint density at radius 3 is 2.38 bits per heavy atom. The highest BCUT2D eigenvalue weighted by atomic mass is 127. The van der Waals surface area contributed by atoms with Crippen molar-refractivity contribution in [1.29, 1.82) is 0 Å². The zero-order chi connectivity index (χ0) is 20.6. The molecule has 1 aliphatic rings. The second-order valence-corrected chi connectivity index (χ2v) is 8.05. The van der Waals surface area contributed by atoms with Gasteiger partial charge in [-0.25, -0.2) is 23.3 Å². The normalized spacial score (nSPS) is 15.4. The third-order valence-corrected chi connectivity index (χ3v) is 5.31. The Labute approximate surface area is 189 Å². The summed E-state index contributed by atoms with van der Waals surface area (Å²) in [5, 5.41) is 11.7. The molecule has 0 radical (unpaired) electrons. The molecule has 4 N–H and O–H groups in total. The number of benzene rings is 1. The van der Waals surface area contributed by atoms with Gasteiger partial charge in [0, 0.05) is 25.7 Å². The summed E-state index contributed by atoms with van der Waals surface area (Å²) in [5.41, 5.74) is 0.877. The molecule has 0 spiro atoms. The monoisotopic (exact) mass is 539 g/mol. The summed E-state index contributed by atoms with van der Waals surface area (Å²) >= 11 is 0. The van der Waals surface area contributed by atoms with Crippen molar-refractivity contribution >= 4 is 46.1 Å². The Morgan fingerprint density at radius 1 is 1.24 bits per heavy atom. The zero-order valence-electron chi connectivity index (χ0n) is 16.8. The maximum absolute atomic E-state index is 11.8. The number of piperidine rings is 1. The molecular weight excluding hydrogens is 509 g/mol. The van der Waals surface area contributed by atoms with Gasteiger partial charge in [-0.15, -0.1) is 24.0 Å². The molecule has 1 fully saturated rings. The number of nitrogens with two attached hydrogens (primary N) is 1. The molecule has 1 saturated heterocycles. The van der Waals surface area contributed by atoms with Crippen LogP contribution in [0.1, 0.15) is 32.3 Å². The third-order valence-electron chi connectivity index (χ3n) is 4.38. The van der Waals surface area contributed by atoms with Crippen molar-refractivity contribution in [2.24, 2.45) is 10.1 Å². The number of sulfonamides is 1. The van der Waals surface area contributed by atoms with Crippen molar-refractivity contribution in [3.05, 3.63) is 29.8 Å². The molecule has 2 rings (SSSR count). The van der Waals surface area contributed by atoms with Crippen molar-refractivity contribution in [2.75, 3.05) is 26.2 Å². The van der Waals surface area contributed by atoms with Gasteiger partial charge in [-0.05, 0) is 44.4 Å². The van der Waals surface area contributed by atoms with Crippen LogP contribution < -0.4 is 15.8 Å². The van der Waals surface area contributed by atoms with Gasteiger partial charge in [-0.3, -0.25) is 0 Å². The molecule has 11 heteroatoms. The fourth-order valence-corrected chi connectivity index (χ4v) is 3.40. The van der Waals surface area contributed by atoms with Gasteiger partial charge < -0.3 is 20.3 Å². The molecule has 0 atom stereocenters. The van der Waals surface area contributed by atoms with Gasteiger partial charge in [-0.2, -0.15) is 0 Å². The number of primary sulfonamides is 1. The average Bonchev–Trinajstić information content (AvgIpc) is 2.66. The number of amides is 1. The Bertz CT molecular complexity index is 778. The average molecular weight is 539 g/mol. The summed E-state index contributed by atoms with van der Waals surface area (Å²) in [6, 6.07) is 6.57. The SMILES string of the molecule is CCNC(=NCc1ccc(S(N)(=O)=O)cc1)NC1CCN(C(=O)OCC)CC1.I. The van der Waals surface area contributed by atoms with E-state index in [-0.39, 0.29) is 41.0 Å². The first-order chi connectivity index (χ1) is 13.3. The highest BCUT2D eigenvalue weighted by Crippen LogP contribution is 2.12. The van der Waals surface area contributed by atoms with E-state index >= 15 is 0 Å². The van der Waals surface area contributed by atoms with E-state index in [9.17, 15) is 13.2 Å². The van der Waals surface area contributed by atoms with E-state index < -0.39 is 10.0 Å². The number of guanidine groups is 1. The lowest BCUT2D eigenvalue weighted by atomic mass is 10.1. The molecule has 1 heterocycles. The minimum absolute atomic E-state index is 0. The molecule has 1 amide bonds. The van der Waals surface area contributed by atoms with Crippen LogP contribution in [0.25, 0.3) is 0 Å². The Balaban J connectivity index is 0.00000420. The van der Waals surface area contributed by atoms with E-state index in [1.165, 1.54) is 12.1 Å². The maximum atomic E-state index is 11.8. The highest BCUT2D eigenvalue weighted by Gasteiger charge is 2.24. The quantitative estimate of drug-likeness (QED) is 0.287. The maximum Gasteiger partial charge on any atom is 0.409 e. The molecule has 1 aromatic rings. The zero-order valence-corrected chi connectivity index (χ0v) is 19.9. The smallest absolute Gasteiger partial charge is 0.409 e. The molecule has 1 aliphatic heterocycles. The first-order valence-electron chi connectivity index (χ1n) is 9.41. The number of nitrogens with zero attached hydrogens (tertiary/aromatic N) is 2. The van der Waals surface area contributed by atoms with Gasteiger partial charge in [0.2, 0.25) is 10.0 Å². The molecule has 1 aromatic carbocycles. The fraction of sp³-hybridized carbons (Fsp3) is 0.556. The number of hydrogen-bond acceptors (Lipinski definition) is 5. The van der Waals surface area contributed by atoms with Crippen molar-refractivity contribution in [2.45, 2.75) is 44.2 Å². The Morgan fingerprint density at radius 2 is 1.86 bits per heavy atom. The first kappa shape index (κ1) is 25.4. The molecule has 0 aromatic heterocycles. The number of ether oxygens (including phenoxy) is 1. The molecule has 29 heavy (non-hydrogen) atoms. The van der Waals surface area contributed by atoms with Crippen LogP contribution in [0.3, 0.4) is 0 Å². The molecular formula is C18H30IN5O4S. The molecule has 0 bridgehead atoms. The predicted molar refractivity (Wildman–Crippen MR) is 123 cm³/mol. The van der Waals surface area contributed by atoms with Gasteiger partial charge >= 0.3 is 6.09 Å². The predicted octanol–water partition coefficient (Wildman–Crippen LogP) is 1.63. The van der Waals surface area contributed by atoms with Gasteiger partial charge in [0.05, 0.1) is 18.0 Å². The second-order valence-electron chi connectivity index (χ2n) is 6.49. The van der Waals surface area contributed by atoms with Gasteiger partial charge in [0.1, 0.15) is 0 Å². The number of carbonyl (C=O) groups is 1. The lowest BCUT2D eigenvalue weighted by Crippen LogP contribution is -2.49. The minimum Gasteiger partial charge on any atom is -0.450 e. The van der Waals surface area contributed by atoms with E-state index in [4.69, 9.17) is 9.88 Å². The van der Waals surface area contributed by atoms with Crippen LogP contribution in [0.15, 0.2) is 34.2 Å². The summed E-state index contributed by atoms with van der Waals surface area (Å²) in [6.45, 7) is 6.58. The van der Waals surface area contributed by atoms with E-state index in [1.54, 1.807) is 24.0 Å². The molecule has 164 valence electrons. The standard InChI is InChI=1S/C18H29N5O4S.HI/c1-3-20-17(21-13-14-5-7-16(8-6-14)28(19,25)26)22-15-9-11-23(12-10-15)18(24)27-4-2;/h5-8,15H,3-4,9-13H2,1-2H3,(H2,19,25,26)(H2,20,21,22);1H. The highest BCUT2D eigenvalue weighted by molar-refractivity contribution is 14.0. The second kappa shape index (κ2) is 12.2. The molecule has 0 saturated carbocycles. The number of rotatable bonds is 6. The number of aliphatic imine (C=N–C) groups is 1. The van der Waals surface area contributed by atoms with Crippen molar-refractivity contribution in [1.82, 2.24) is 15.5 Å². The van der Waals surface area contributed by atoms with E-state index in [1.807, 2.05) is 6.92 Å². The lowest BCUT2D eigenvalue weighted by molar-refractivity contribution is 0.0963. The van der Waals surface area contributed by atoms with Crippen LogP contribution in [0.5, 0.6) is 0 Å². The molecule has 0 unspecified atom stereocenters. The number of nitrogens with one attached hydrogen (secondary N) is 2. The number of halogens is 1. The van der Waals surface area contributed by atoms with Gasteiger partial charge in [0.25, 0.3) is 0 Å². The van der Waals surface area contributed by atoms with Crippen LogP contribution >= 0.6 is 24.0 Å². The first-order valence-corrected chi connectivity index (χ1v) is 11.0. The number of likely N-dealkylation sites (tertiary alicyclic amines) is 1. The van der Waals surface area contributed by atoms with Crippen LogP contribution in [0, 0.1) is 0 Å². The topological polar surface area (TPSA) is 126 Å². The summed E-state index contributed by atoms with van der Waals surface area (Å²) < 4.78 is 27.7. The van der Waals surface area contributed by atoms with Crippen molar-refractivity contribution in [3.63, 3.8) is 0 Å². The van der Waals surface area contributed by atoms with Crippen molar-refractivity contribution in [3.8, 4) is 0 Å². The number of carbonyl (C=O) groups excluding carboxylic acids is 1. The summed E-state index contributed by atoms with van der Waals surface area (Å²) in [5.74, 6) is 0.688. The van der Waals surface area contributed by atoms with Crippen LogP contribution in [-0.2, 0) is 21.3 Å². The summed E-state index contributed by atoms with van der Waals surface area (Å²) in [6.07, 6.45) is 1.36. The van der Waals surface area contributed by atoms with Crippen LogP contribution in [0.2, 0.25) is 0 Å². The summed E-state index contributed by atoms with van der Waals surface area (Å²) in [7, 11) is -3.69.